The summed E-state index contributed by atoms with van der Waals surface area (Å²) >= 11 is 6.06. The van der Waals surface area contributed by atoms with Crippen LogP contribution >= 0.6 is 11.6 Å². The maximum atomic E-state index is 12.7. The summed E-state index contributed by atoms with van der Waals surface area (Å²) < 4.78 is 9.27. The molecule has 0 saturated heterocycles. The van der Waals surface area contributed by atoms with Crippen LogP contribution in [-0.2, 0) is 13.1 Å². The standard InChI is InChI=1S/C20H18ClN5O2/c1-14-10-23-26(11-15-3-2-4-16(21)9-15)19(14)24-20(27)18-6-5-17(28-18)12-25-8-7-22-13-25/h2-10,13H,11-12H2,1H3,(H,24,27). The molecule has 0 aliphatic rings. The van der Waals surface area contributed by atoms with E-state index in [0.717, 1.165) is 11.1 Å². The Morgan fingerprint density at radius 1 is 1.25 bits per heavy atom. The fourth-order valence-corrected chi connectivity index (χ4v) is 3.10. The van der Waals surface area contributed by atoms with Gasteiger partial charge in [-0.15, -0.1) is 0 Å². The van der Waals surface area contributed by atoms with E-state index in [1.54, 1.807) is 35.5 Å². The maximum Gasteiger partial charge on any atom is 0.292 e. The molecule has 1 aromatic carbocycles. The summed E-state index contributed by atoms with van der Waals surface area (Å²) in [5.74, 6) is 1.21. The van der Waals surface area contributed by atoms with Gasteiger partial charge >= 0.3 is 0 Å². The lowest BCUT2D eigenvalue weighted by Gasteiger charge is -2.10. The van der Waals surface area contributed by atoms with Gasteiger partial charge in [0.05, 0.1) is 25.6 Å². The van der Waals surface area contributed by atoms with Gasteiger partial charge in [0, 0.05) is 23.0 Å². The molecule has 0 aliphatic carbocycles. The van der Waals surface area contributed by atoms with Crippen molar-refractivity contribution in [2.45, 2.75) is 20.0 Å². The van der Waals surface area contributed by atoms with E-state index in [0.29, 0.717) is 29.7 Å². The number of hydrogen-bond acceptors (Lipinski definition) is 4. The molecular formula is C20H18ClN5O2. The topological polar surface area (TPSA) is 77.9 Å². The van der Waals surface area contributed by atoms with Crippen molar-refractivity contribution in [3.05, 3.63) is 89.0 Å². The lowest BCUT2D eigenvalue weighted by Crippen LogP contribution is -2.16. The molecule has 0 saturated carbocycles. The Morgan fingerprint density at radius 2 is 2.14 bits per heavy atom. The molecule has 0 spiro atoms. The number of amides is 1. The first kappa shape index (κ1) is 18.1. The smallest absolute Gasteiger partial charge is 0.292 e. The lowest BCUT2D eigenvalue weighted by atomic mass is 10.2. The largest absolute Gasteiger partial charge is 0.454 e. The summed E-state index contributed by atoms with van der Waals surface area (Å²) in [5, 5.41) is 7.92. The molecule has 0 unspecified atom stereocenters. The number of aryl methyl sites for hydroxylation is 1. The summed E-state index contributed by atoms with van der Waals surface area (Å²) in [7, 11) is 0. The molecule has 0 atom stereocenters. The minimum atomic E-state index is -0.326. The maximum absolute atomic E-state index is 12.7. The number of benzene rings is 1. The van der Waals surface area contributed by atoms with Gasteiger partial charge in [-0.3, -0.25) is 4.79 Å². The van der Waals surface area contributed by atoms with Crippen molar-refractivity contribution in [1.29, 1.82) is 0 Å². The van der Waals surface area contributed by atoms with Gasteiger partial charge in [0.2, 0.25) is 0 Å². The number of nitrogens with zero attached hydrogens (tertiary/aromatic N) is 4. The van der Waals surface area contributed by atoms with E-state index in [-0.39, 0.29) is 11.7 Å². The second kappa shape index (κ2) is 7.74. The molecule has 3 heterocycles. The third kappa shape index (κ3) is 3.99. The van der Waals surface area contributed by atoms with Crippen LogP contribution in [0, 0.1) is 6.92 Å². The number of rotatable bonds is 6. The van der Waals surface area contributed by atoms with E-state index in [2.05, 4.69) is 15.4 Å². The van der Waals surface area contributed by atoms with Crippen molar-refractivity contribution >= 4 is 23.3 Å². The zero-order chi connectivity index (χ0) is 19.5. The van der Waals surface area contributed by atoms with Crippen molar-refractivity contribution in [1.82, 2.24) is 19.3 Å². The average molecular weight is 396 g/mol. The summed E-state index contributed by atoms with van der Waals surface area (Å²) in [4.78, 5) is 16.6. The van der Waals surface area contributed by atoms with Gasteiger partial charge in [-0.05, 0) is 36.8 Å². The summed E-state index contributed by atoms with van der Waals surface area (Å²) in [5.41, 5.74) is 1.85. The Morgan fingerprint density at radius 3 is 2.93 bits per heavy atom. The number of carbonyl (C=O) groups excluding carboxylic acids is 1. The van der Waals surface area contributed by atoms with Crippen molar-refractivity contribution in [3.63, 3.8) is 0 Å². The number of halogens is 1. The van der Waals surface area contributed by atoms with Crippen LogP contribution < -0.4 is 5.32 Å². The van der Waals surface area contributed by atoms with Crippen molar-refractivity contribution < 1.29 is 9.21 Å². The van der Waals surface area contributed by atoms with Gasteiger partial charge in [-0.2, -0.15) is 5.10 Å². The predicted molar refractivity (Wildman–Crippen MR) is 106 cm³/mol. The van der Waals surface area contributed by atoms with Gasteiger partial charge in [-0.1, -0.05) is 23.7 Å². The number of furan rings is 1. The SMILES string of the molecule is Cc1cnn(Cc2cccc(Cl)c2)c1NC(=O)c1ccc(Cn2ccnc2)o1. The third-order valence-electron chi connectivity index (χ3n) is 4.26. The number of nitrogens with one attached hydrogen (secondary N) is 1. The Hall–Kier alpha value is -3.32. The molecule has 7 nitrogen and oxygen atoms in total. The molecular weight excluding hydrogens is 378 g/mol. The van der Waals surface area contributed by atoms with Crippen LogP contribution in [0.25, 0.3) is 0 Å². The first-order valence-electron chi connectivity index (χ1n) is 8.71. The van der Waals surface area contributed by atoms with Crippen LogP contribution in [0.1, 0.15) is 27.4 Å². The molecule has 0 radical (unpaired) electrons. The van der Waals surface area contributed by atoms with Crippen LogP contribution in [0.2, 0.25) is 5.02 Å². The van der Waals surface area contributed by atoms with E-state index >= 15 is 0 Å². The Bertz CT molecular complexity index is 1100. The van der Waals surface area contributed by atoms with Crippen LogP contribution in [0.5, 0.6) is 0 Å². The Kier molecular flexibility index (Phi) is 4.99. The highest BCUT2D eigenvalue weighted by Gasteiger charge is 2.16. The summed E-state index contributed by atoms with van der Waals surface area (Å²) in [6.45, 7) is 2.90. The van der Waals surface area contributed by atoms with Crippen LogP contribution in [0.4, 0.5) is 5.82 Å². The second-order valence-corrected chi connectivity index (χ2v) is 6.86. The number of carbonyl (C=O) groups is 1. The third-order valence-corrected chi connectivity index (χ3v) is 4.49. The molecule has 8 heteroatoms. The monoisotopic (exact) mass is 395 g/mol. The highest BCUT2D eigenvalue weighted by atomic mass is 35.5. The molecule has 4 aromatic rings. The number of imidazole rings is 1. The Labute approximate surface area is 166 Å². The zero-order valence-corrected chi connectivity index (χ0v) is 15.9. The van der Waals surface area contributed by atoms with Gasteiger partial charge in [0.1, 0.15) is 11.6 Å². The number of aromatic nitrogens is 4. The molecule has 3 aromatic heterocycles. The average Bonchev–Trinajstić information content (AvgIpc) is 3.41. The summed E-state index contributed by atoms with van der Waals surface area (Å²) in [6, 6.07) is 11.0. The van der Waals surface area contributed by atoms with Gasteiger partial charge in [0.15, 0.2) is 5.76 Å². The fraction of sp³-hybridized carbons (Fsp3) is 0.150. The first-order chi connectivity index (χ1) is 13.6. The first-order valence-corrected chi connectivity index (χ1v) is 9.09. The van der Waals surface area contributed by atoms with Crippen LogP contribution in [0.3, 0.4) is 0 Å². The molecule has 0 aliphatic heterocycles. The molecule has 142 valence electrons. The number of anilines is 1. The number of hydrogen-bond donors (Lipinski definition) is 1. The molecule has 1 amide bonds. The van der Waals surface area contributed by atoms with E-state index < -0.39 is 0 Å². The van der Waals surface area contributed by atoms with Crippen LogP contribution in [0.15, 0.2) is 65.7 Å². The van der Waals surface area contributed by atoms with E-state index in [1.165, 1.54) is 0 Å². The van der Waals surface area contributed by atoms with Gasteiger partial charge in [0.25, 0.3) is 5.91 Å². The van der Waals surface area contributed by atoms with Gasteiger partial charge in [-0.25, -0.2) is 9.67 Å². The van der Waals surface area contributed by atoms with Crippen molar-refractivity contribution in [2.24, 2.45) is 0 Å². The van der Waals surface area contributed by atoms with E-state index in [9.17, 15) is 4.79 Å². The van der Waals surface area contributed by atoms with Crippen LogP contribution in [-0.4, -0.2) is 25.2 Å². The predicted octanol–water partition coefficient (Wildman–Crippen LogP) is 3.98. The molecule has 0 bridgehead atoms. The highest BCUT2D eigenvalue weighted by molar-refractivity contribution is 6.30. The molecule has 4 rings (SSSR count). The minimum Gasteiger partial charge on any atom is -0.454 e. The molecule has 0 fully saturated rings. The second-order valence-electron chi connectivity index (χ2n) is 6.42. The normalized spacial score (nSPS) is 10.9. The summed E-state index contributed by atoms with van der Waals surface area (Å²) in [6.07, 6.45) is 6.94. The molecule has 1 N–H and O–H groups in total. The van der Waals surface area contributed by atoms with E-state index in [4.69, 9.17) is 16.0 Å². The van der Waals surface area contributed by atoms with Crippen molar-refractivity contribution in [2.75, 3.05) is 5.32 Å². The fourth-order valence-electron chi connectivity index (χ4n) is 2.88. The van der Waals surface area contributed by atoms with E-state index in [1.807, 2.05) is 42.0 Å². The highest BCUT2D eigenvalue weighted by Crippen LogP contribution is 2.19. The quantitative estimate of drug-likeness (QED) is 0.535. The van der Waals surface area contributed by atoms with Crippen molar-refractivity contribution in [3.8, 4) is 0 Å². The zero-order valence-electron chi connectivity index (χ0n) is 15.2. The van der Waals surface area contributed by atoms with Gasteiger partial charge < -0.3 is 14.3 Å². The molecule has 28 heavy (non-hydrogen) atoms. The lowest BCUT2D eigenvalue weighted by molar-refractivity contribution is 0.0993. The minimum absolute atomic E-state index is 0.241. The Balaban J connectivity index is 1.49.